The van der Waals surface area contributed by atoms with Gasteiger partial charge in [-0.2, -0.15) is 0 Å². The van der Waals surface area contributed by atoms with Crippen LogP contribution in [0.2, 0.25) is 0 Å². The lowest BCUT2D eigenvalue weighted by Crippen LogP contribution is -2.58. The van der Waals surface area contributed by atoms with Crippen molar-refractivity contribution >= 4 is 28.9 Å². The fourth-order valence-electron chi connectivity index (χ4n) is 4.65. The molecule has 1 aromatic carbocycles. The van der Waals surface area contributed by atoms with Gasteiger partial charge in [0.05, 0.1) is 36.2 Å². The Morgan fingerprint density at radius 2 is 1.88 bits per heavy atom. The van der Waals surface area contributed by atoms with Crippen molar-refractivity contribution in [3.63, 3.8) is 0 Å². The molecule has 172 valence electrons. The van der Waals surface area contributed by atoms with Gasteiger partial charge >= 0.3 is 6.09 Å². The van der Waals surface area contributed by atoms with E-state index in [4.69, 9.17) is 4.74 Å². The summed E-state index contributed by atoms with van der Waals surface area (Å²) in [6, 6.07) is 6.76. The van der Waals surface area contributed by atoms with E-state index in [2.05, 4.69) is 9.97 Å². The number of hydrogen-bond donors (Lipinski definition) is 2. The Kier molecular flexibility index (Phi) is 6.31. The monoisotopic (exact) mass is 443 g/mol. The third-order valence-corrected chi connectivity index (χ3v) is 6.15. The third kappa shape index (κ3) is 4.40. The second kappa shape index (κ2) is 9.15. The van der Waals surface area contributed by atoms with Crippen molar-refractivity contribution in [3.05, 3.63) is 30.1 Å². The van der Waals surface area contributed by atoms with Crippen molar-refractivity contribution in [2.24, 2.45) is 5.92 Å². The van der Waals surface area contributed by atoms with Crippen LogP contribution in [0, 0.1) is 5.92 Å². The van der Waals surface area contributed by atoms with Crippen LogP contribution in [0.25, 0.3) is 11.0 Å². The summed E-state index contributed by atoms with van der Waals surface area (Å²) in [5.74, 6) is -0.675. The van der Waals surface area contributed by atoms with E-state index < -0.39 is 18.1 Å². The number of aromatic amines is 1. The zero-order chi connectivity index (χ0) is 22.8. The molecule has 0 spiro atoms. The van der Waals surface area contributed by atoms with E-state index in [9.17, 15) is 19.5 Å². The number of H-pyrrole nitrogens is 1. The predicted molar refractivity (Wildman–Crippen MR) is 116 cm³/mol. The maximum Gasteiger partial charge on any atom is 0.407 e. The van der Waals surface area contributed by atoms with Crippen LogP contribution in [0.5, 0.6) is 0 Å². The number of rotatable bonds is 4. The summed E-state index contributed by atoms with van der Waals surface area (Å²) in [5, 5.41) is 9.70. The molecule has 0 saturated carbocycles. The first kappa shape index (κ1) is 22.1. The van der Waals surface area contributed by atoms with Gasteiger partial charge in [0.15, 0.2) is 5.82 Å². The van der Waals surface area contributed by atoms with Crippen molar-refractivity contribution in [2.75, 3.05) is 39.4 Å². The van der Waals surface area contributed by atoms with Crippen LogP contribution in [-0.4, -0.2) is 99.2 Å². The highest BCUT2D eigenvalue weighted by Gasteiger charge is 2.41. The summed E-state index contributed by atoms with van der Waals surface area (Å²) in [6.45, 7) is 6.02. The second-order valence-corrected chi connectivity index (χ2v) is 8.62. The van der Waals surface area contributed by atoms with Crippen LogP contribution in [0.15, 0.2) is 24.3 Å². The number of para-hydroxylation sites is 2. The van der Waals surface area contributed by atoms with Gasteiger partial charge in [-0.15, -0.1) is 0 Å². The lowest BCUT2D eigenvalue weighted by atomic mass is 9.91. The molecule has 0 aliphatic carbocycles. The van der Waals surface area contributed by atoms with E-state index in [0.717, 1.165) is 5.52 Å². The highest BCUT2D eigenvalue weighted by molar-refractivity contribution is 5.94. The zero-order valence-electron chi connectivity index (χ0n) is 18.4. The molecule has 2 atom stereocenters. The van der Waals surface area contributed by atoms with Gasteiger partial charge in [-0.25, -0.2) is 9.78 Å². The van der Waals surface area contributed by atoms with E-state index in [-0.39, 0.29) is 36.8 Å². The second-order valence-electron chi connectivity index (χ2n) is 8.62. The zero-order valence-corrected chi connectivity index (χ0v) is 18.4. The van der Waals surface area contributed by atoms with E-state index in [0.29, 0.717) is 38.2 Å². The van der Waals surface area contributed by atoms with E-state index in [1.807, 2.05) is 38.1 Å². The topological polar surface area (TPSA) is 119 Å². The minimum atomic E-state index is -1.09. The Balaban J connectivity index is 1.59. The summed E-state index contributed by atoms with van der Waals surface area (Å²) in [7, 11) is 0. The number of benzene rings is 1. The molecule has 2 N–H and O–H groups in total. The molecule has 3 heterocycles. The molecule has 0 bridgehead atoms. The number of piperidine rings is 1. The summed E-state index contributed by atoms with van der Waals surface area (Å²) in [4.78, 5) is 50.6. The number of morpholine rings is 1. The molecule has 0 unspecified atom stereocenters. The lowest BCUT2D eigenvalue weighted by molar-refractivity contribution is -0.142. The molecule has 1 aromatic heterocycles. The first-order valence-corrected chi connectivity index (χ1v) is 11.0. The number of fused-ring (bicyclic) bond motifs is 1. The van der Waals surface area contributed by atoms with Gasteiger partial charge in [-0.3, -0.25) is 9.59 Å². The molecule has 2 saturated heterocycles. The van der Waals surface area contributed by atoms with Gasteiger partial charge in [0.1, 0.15) is 0 Å². The summed E-state index contributed by atoms with van der Waals surface area (Å²) in [5.41, 5.74) is 1.45. The quantitative estimate of drug-likeness (QED) is 0.742. The Hall–Kier alpha value is -3.14. The number of carbonyl (C=O) groups is 3. The number of aromatic nitrogens is 2. The van der Waals surface area contributed by atoms with Crippen LogP contribution in [0.4, 0.5) is 4.79 Å². The van der Waals surface area contributed by atoms with Crippen LogP contribution in [-0.2, 0) is 9.53 Å². The Morgan fingerprint density at radius 3 is 2.53 bits per heavy atom. The standard InChI is InChI=1S/C22H29N5O5/c1-14(2)27(21(29)19-23-17-5-3-4-6-18(17)24-19)16-11-15(12-26(13-16)22(30)31)20(28)25-7-9-32-10-8-25/h3-6,14-16H,7-13H2,1-2H3,(H,23,24)(H,30,31)/t15-,16+/m1/s1. The van der Waals surface area contributed by atoms with Crippen molar-refractivity contribution in [2.45, 2.75) is 32.4 Å². The molecule has 2 aromatic rings. The van der Waals surface area contributed by atoms with Crippen molar-refractivity contribution < 1.29 is 24.2 Å². The number of carbonyl (C=O) groups excluding carboxylic acids is 2. The largest absolute Gasteiger partial charge is 0.465 e. The average molecular weight is 444 g/mol. The van der Waals surface area contributed by atoms with Gasteiger partial charge in [0.25, 0.3) is 5.91 Å². The molecule has 2 aliphatic rings. The van der Waals surface area contributed by atoms with Crippen molar-refractivity contribution in [1.82, 2.24) is 24.7 Å². The Labute approximate surface area is 186 Å². The number of amides is 3. The normalized spacial score (nSPS) is 21.7. The number of hydrogen-bond acceptors (Lipinski definition) is 5. The van der Waals surface area contributed by atoms with Gasteiger partial charge in [-0.1, -0.05) is 12.1 Å². The lowest BCUT2D eigenvalue weighted by Gasteiger charge is -2.43. The molecule has 10 heteroatoms. The fraction of sp³-hybridized carbons (Fsp3) is 0.545. The summed E-state index contributed by atoms with van der Waals surface area (Å²) >= 11 is 0. The Morgan fingerprint density at radius 1 is 1.16 bits per heavy atom. The molecule has 0 radical (unpaired) electrons. The van der Waals surface area contributed by atoms with Crippen molar-refractivity contribution in [1.29, 1.82) is 0 Å². The highest BCUT2D eigenvalue weighted by Crippen LogP contribution is 2.26. The first-order valence-electron chi connectivity index (χ1n) is 11.0. The van der Waals surface area contributed by atoms with Crippen molar-refractivity contribution in [3.8, 4) is 0 Å². The maximum atomic E-state index is 13.5. The average Bonchev–Trinajstić information content (AvgIpc) is 3.23. The van der Waals surface area contributed by atoms with E-state index >= 15 is 0 Å². The fourth-order valence-corrected chi connectivity index (χ4v) is 4.65. The maximum absolute atomic E-state index is 13.5. The molecule has 10 nitrogen and oxygen atoms in total. The molecule has 2 fully saturated rings. The number of imidazole rings is 1. The van der Waals surface area contributed by atoms with Gasteiger partial charge in [0, 0.05) is 32.2 Å². The summed E-state index contributed by atoms with van der Waals surface area (Å²) < 4.78 is 5.33. The number of ether oxygens (including phenoxy) is 1. The number of nitrogens with zero attached hydrogens (tertiary/aromatic N) is 4. The van der Waals surface area contributed by atoms with E-state index in [1.54, 1.807) is 9.80 Å². The molecule has 32 heavy (non-hydrogen) atoms. The molecule has 3 amide bonds. The first-order chi connectivity index (χ1) is 15.3. The number of likely N-dealkylation sites (tertiary alicyclic amines) is 1. The Bertz CT molecular complexity index is 967. The van der Waals surface area contributed by atoms with Crippen LogP contribution in [0.1, 0.15) is 30.9 Å². The number of nitrogens with one attached hydrogen (secondary N) is 1. The minimum Gasteiger partial charge on any atom is -0.465 e. The smallest absolute Gasteiger partial charge is 0.407 e. The van der Waals surface area contributed by atoms with E-state index in [1.165, 1.54) is 4.90 Å². The molecular formula is C22H29N5O5. The van der Waals surface area contributed by atoms with Gasteiger partial charge in [-0.05, 0) is 32.4 Å². The predicted octanol–water partition coefficient (Wildman–Crippen LogP) is 1.64. The SMILES string of the molecule is CC(C)N(C(=O)c1nc2ccccc2[nH]1)[C@H]1C[C@@H](C(=O)N2CCOCC2)CN(C(=O)O)C1. The van der Waals surface area contributed by atoms with Crippen LogP contribution >= 0.6 is 0 Å². The highest BCUT2D eigenvalue weighted by atomic mass is 16.5. The summed E-state index contributed by atoms with van der Waals surface area (Å²) in [6.07, 6.45) is -0.682. The van der Waals surface area contributed by atoms with Gasteiger partial charge < -0.3 is 29.5 Å². The van der Waals surface area contributed by atoms with Crippen LogP contribution < -0.4 is 0 Å². The van der Waals surface area contributed by atoms with Gasteiger partial charge in [0.2, 0.25) is 5.91 Å². The molecule has 4 rings (SSSR count). The third-order valence-electron chi connectivity index (χ3n) is 6.15. The van der Waals surface area contributed by atoms with Crippen LogP contribution in [0.3, 0.4) is 0 Å². The molecule has 2 aliphatic heterocycles. The molecular weight excluding hydrogens is 414 g/mol. The minimum absolute atomic E-state index is 0.0795. The number of carboxylic acid groups (broad SMARTS) is 1.